The van der Waals surface area contributed by atoms with Crippen molar-refractivity contribution in [2.45, 2.75) is 38.1 Å². The Morgan fingerprint density at radius 1 is 0.963 bits per heavy atom. The minimum atomic E-state index is 0.0145. The van der Waals surface area contributed by atoms with Crippen LogP contribution in [0.3, 0.4) is 0 Å². The Kier molecular flexibility index (Phi) is 4.92. The summed E-state index contributed by atoms with van der Waals surface area (Å²) in [6, 6.07) is 15.6. The number of nitrogens with zero attached hydrogens (tertiary/aromatic N) is 1. The van der Waals surface area contributed by atoms with E-state index in [2.05, 4.69) is 15.3 Å². The minimum Gasteiger partial charge on any atom is -0.399 e. The monoisotopic (exact) mass is 360 g/mol. The van der Waals surface area contributed by atoms with Gasteiger partial charge in [0.1, 0.15) is 5.82 Å². The molecular formula is C22H24N4O. The summed E-state index contributed by atoms with van der Waals surface area (Å²) < 4.78 is 0. The number of hydrogen-bond donors (Lipinski definition) is 3. The van der Waals surface area contributed by atoms with Crippen LogP contribution in [0.15, 0.2) is 54.7 Å². The fraction of sp³-hybridized carbons (Fsp3) is 0.273. The molecule has 1 aliphatic carbocycles. The molecule has 1 aromatic heterocycles. The van der Waals surface area contributed by atoms with Gasteiger partial charge in [0.2, 0.25) is 0 Å². The topological polar surface area (TPSA) is 83.8 Å². The number of anilines is 1. The number of nitrogens with one attached hydrogen (secondary N) is 2. The summed E-state index contributed by atoms with van der Waals surface area (Å²) in [7, 11) is 0. The first-order valence-electron chi connectivity index (χ1n) is 9.51. The first kappa shape index (κ1) is 17.3. The molecular weight excluding hydrogens is 336 g/mol. The first-order chi connectivity index (χ1) is 13.2. The van der Waals surface area contributed by atoms with E-state index in [0.717, 1.165) is 41.2 Å². The zero-order chi connectivity index (χ0) is 18.6. The van der Waals surface area contributed by atoms with Crippen LogP contribution in [0.2, 0.25) is 0 Å². The Balaban J connectivity index is 1.46. The van der Waals surface area contributed by atoms with Gasteiger partial charge in [-0.15, -0.1) is 0 Å². The normalized spacial score (nSPS) is 14.8. The van der Waals surface area contributed by atoms with E-state index < -0.39 is 0 Å². The smallest absolute Gasteiger partial charge is 0.251 e. The van der Waals surface area contributed by atoms with Crippen LogP contribution in [0.1, 0.15) is 42.5 Å². The summed E-state index contributed by atoms with van der Waals surface area (Å²) in [5.41, 5.74) is 10.1. The molecule has 1 amide bonds. The lowest BCUT2D eigenvalue weighted by Gasteiger charge is -2.22. The highest BCUT2D eigenvalue weighted by Gasteiger charge is 2.16. The Morgan fingerprint density at radius 2 is 1.63 bits per heavy atom. The van der Waals surface area contributed by atoms with Crippen molar-refractivity contribution in [2.24, 2.45) is 0 Å². The van der Waals surface area contributed by atoms with Crippen LogP contribution in [0.5, 0.6) is 0 Å². The van der Waals surface area contributed by atoms with Gasteiger partial charge in [0.15, 0.2) is 0 Å². The zero-order valence-electron chi connectivity index (χ0n) is 15.2. The molecule has 0 bridgehead atoms. The lowest BCUT2D eigenvalue weighted by atomic mass is 9.95. The molecule has 0 radical (unpaired) electrons. The molecule has 2 aromatic carbocycles. The van der Waals surface area contributed by atoms with Gasteiger partial charge < -0.3 is 16.0 Å². The van der Waals surface area contributed by atoms with Gasteiger partial charge in [-0.2, -0.15) is 0 Å². The van der Waals surface area contributed by atoms with Gasteiger partial charge in [-0.1, -0.05) is 31.4 Å². The van der Waals surface area contributed by atoms with E-state index in [1.807, 2.05) is 54.7 Å². The molecule has 138 valence electrons. The van der Waals surface area contributed by atoms with Crippen molar-refractivity contribution in [1.82, 2.24) is 15.3 Å². The van der Waals surface area contributed by atoms with Crippen LogP contribution in [-0.4, -0.2) is 21.9 Å². The van der Waals surface area contributed by atoms with Crippen molar-refractivity contribution in [3.8, 4) is 22.6 Å². The van der Waals surface area contributed by atoms with Crippen molar-refractivity contribution < 1.29 is 4.79 Å². The molecule has 1 aliphatic rings. The highest BCUT2D eigenvalue weighted by molar-refractivity contribution is 5.94. The highest BCUT2D eigenvalue weighted by Crippen LogP contribution is 2.23. The first-order valence-corrected chi connectivity index (χ1v) is 9.51. The van der Waals surface area contributed by atoms with Gasteiger partial charge in [0.05, 0.1) is 11.9 Å². The number of aromatic nitrogens is 2. The Hall–Kier alpha value is -3.08. The lowest BCUT2D eigenvalue weighted by molar-refractivity contribution is 0.0927. The van der Waals surface area contributed by atoms with E-state index in [1.54, 1.807) is 0 Å². The third kappa shape index (κ3) is 4.03. The SMILES string of the molecule is Nc1ccc(-c2ncc(-c3ccc(C(=O)NC4CCCCC4)cc3)[nH]2)cc1. The number of hydrogen-bond acceptors (Lipinski definition) is 3. The van der Waals surface area contributed by atoms with E-state index >= 15 is 0 Å². The highest BCUT2D eigenvalue weighted by atomic mass is 16.1. The van der Waals surface area contributed by atoms with Crippen LogP contribution < -0.4 is 11.1 Å². The third-order valence-electron chi connectivity index (χ3n) is 5.16. The molecule has 0 aliphatic heterocycles. The van der Waals surface area contributed by atoms with E-state index in [1.165, 1.54) is 19.3 Å². The Labute approximate surface area is 159 Å². The van der Waals surface area contributed by atoms with Gasteiger partial charge in [0, 0.05) is 22.9 Å². The number of rotatable bonds is 4. The number of aromatic amines is 1. The summed E-state index contributed by atoms with van der Waals surface area (Å²) in [4.78, 5) is 20.2. The van der Waals surface area contributed by atoms with Crippen LogP contribution in [0, 0.1) is 0 Å². The molecule has 4 rings (SSSR count). The molecule has 1 fully saturated rings. The Morgan fingerprint density at radius 3 is 2.33 bits per heavy atom. The van der Waals surface area contributed by atoms with Gasteiger partial charge in [0.25, 0.3) is 5.91 Å². The number of H-pyrrole nitrogens is 1. The number of nitrogens with two attached hydrogens (primary N) is 1. The second-order valence-corrected chi connectivity index (χ2v) is 7.15. The predicted octanol–water partition coefficient (Wildman–Crippen LogP) is 4.39. The standard InChI is InChI=1S/C22H24N4O/c23-18-12-10-16(11-13-18)21-24-14-20(26-21)15-6-8-17(9-7-15)22(27)25-19-4-2-1-3-5-19/h6-14,19H,1-5,23H2,(H,24,26)(H,25,27). The molecule has 0 saturated heterocycles. The van der Waals surface area contributed by atoms with Crippen LogP contribution in [0.25, 0.3) is 22.6 Å². The summed E-state index contributed by atoms with van der Waals surface area (Å²) in [5, 5.41) is 3.16. The summed E-state index contributed by atoms with van der Waals surface area (Å²) in [6.45, 7) is 0. The van der Waals surface area contributed by atoms with Gasteiger partial charge >= 0.3 is 0 Å². The van der Waals surface area contributed by atoms with Crippen LogP contribution in [0.4, 0.5) is 5.69 Å². The molecule has 5 heteroatoms. The zero-order valence-corrected chi connectivity index (χ0v) is 15.2. The quantitative estimate of drug-likeness (QED) is 0.603. The fourth-order valence-corrected chi connectivity index (χ4v) is 3.57. The van der Waals surface area contributed by atoms with Crippen molar-refractivity contribution in [1.29, 1.82) is 0 Å². The van der Waals surface area contributed by atoms with E-state index in [0.29, 0.717) is 11.6 Å². The molecule has 4 N–H and O–H groups in total. The number of carbonyl (C=O) groups is 1. The lowest BCUT2D eigenvalue weighted by Crippen LogP contribution is -2.36. The average molecular weight is 360 g/mol. The number of nitrogen functional groups attached to an aromatic ring is 1. The molecule has 0 atom stereocenters. The van der Waals surface area contributed by atoms with Crippen molar-refractivity contribution in [3.05, 3.63) is 60.3 Å². The van der Waals surface area contributed by atoms with E-state index in [4.69, 9.17) is 5.73 Å². The molecule has 0 spiro atoms. The second kappa shape index (κ2) is 7.66. The number of amides is 1. The summed E-state index contributed by atoms with van der Waals surface area (Å²) in [5.74, 6) is 0.810. The van der Waals surface area contributed by atoms with Crippen LogP contribution >= 0.6 is 0 Å². The van der Waals surface area contributed by atoms with Gasteiger partial charge in [-0.25, -0.2) is 4.98 Å². The maximum absolute atomic E-state index is 12.4. The minimum absolute atomic E-state index is 0.0145. The molecule has 27 heavy (non-hydrogen) atoms. The largest absolute Gasteiger partial charge is 0.399 e. The molecule has 1 heterocycles. The molecule has 0 unspecified atom stereocenters. The van der Waals surface area contributed by atoms with E-state index in [-0.39, 0.29) is 5.91 Å². The van der Waals surface area contributed by atoms with Crippen LogP contribution in [-0.2, 0) is 0 Å². The summed E-state index contributed by atoms with van der Waals surface area (Å²) >= 11 is 0. The van der Waals surface area contributed by atoms with Gasteiger partial charge in [-0.05, 0) is 54.8 Å². The Bertz CT molecular complexity index is 906. The van der Waals surface area contributed by atoms with Crippen molar-refractivity contribution in [3.63, 3.8) is 0 Å². The number of imidazole rings is 1. The molecule has 1 saturated carbocycles. The van der Waals surface area contributed by atoms with Crippen molar-refractivity contribution in [2.75, 3.05) is 5.73 Å². The maximum atomic E-state index is 12.4. The predicted molar refractivity (Wildman–Crippen MR) is 108 cm³/mol. The maximum Gasteiger partial charge on any atom is 0.251 e. The second-order valence-electron chi connectivity index (χ2n) is 7.15. The molecule has 3 aromatic rings. The summed E-state index contributed by atoms with van der Waals surface area (Å²) in [6.07, 6.45) is 7.68. The number of benzene rings is 2. The van der Waals surface area contributed by atoms with E-state index in [9.17, 15) is 4.79 Å². The van der Waals surface area contributed by atoms with Gasteiger partial charge in [-0.3, -0.25) is 4.79 Å². The third-order valence-corrected chi connectivity index (χ3v) is 5.16. The molecule has 5 nitrogen and oxygen atoms in total. The number of carbonyl (C=O) groups excluding carboxylic acids is 1. The van der Waals surface area contributed by atoms with Crippen molar-refractivity contribution >= 4 is 11.6 Å². The average Bonchev–Trinajstić information content (AvgIpc) is 3.20. The fourth-order valence-electron chi connectivity index (χ4n) is 3.57.